The molecule has 7 heteroatoms. The molecule has 1 atom stereocenters. The highest BCUT2D eigenvalue weighted by atomic mass is 32.1. The number of hydrogen-bond acceptors (Lipinski definition) is 5. The SMILES string of the molecule is CC(C)n1cc(C(CCS)CC(N)=O)c(N)nc1=O. The first-order chi connectivity index (χ1) is 8.86. The summed E-state index contributed by atoms with van der Waals surface area (Å²) in [5.74, 6) is 0.189. The molecule has 6 nitrogen and oxygen atoms in total. The van der Waals surface area contributed by atoms with Crippen molar-refractivity contribution in [3.05, 3.63) is 22.2 Å². The predicted octanol–water partition coefficient (Wildman–Crippen LogP) is 0.685. The highest BCUT2D eigenvalue weighted by Gasteiger charge is 2.19. The van der Waals surface area contributed by atoms with E-state index < -0.39 is 5.91 Å². The Balaban J connectivity index is 3.25. The summed E-state index contributed by atoms with van der Waals surface area (Å²) in [6, 6.07) is -0.0235. The topological polar surface area (TPSA) is 104 Å². The summed E-state index contributed by atoms with van der Waals surface area (Å²) in [6.07, 6.45) is 2.49. The van der Waals surface area contributed by atoms with Gasteiger partial charge in [0, 0.05) is 24.2 Å². The Morgan fingerprint density at radius 2 is 2.16 bits per heavy atom. The molecule has 0 aliphatic heterocycles. The van der Waals surface area contributed by atoms with E-state index in [4.69, 9.17) is 11.5 Å². The molecular weight excluding hydrogens is 264 g/mol. The van der Waals surface area contributed by atoms with Crippen molar-refractivity contribution in [3.63, 3.8) is 0 Å². The van der Waals surface area contributed by atoms with Crippen molar-refractivity contribution < 1.29 is 4.79 Å². The molecule has 1 aromatic rings. The van der Waals surface area contributed by atoms with Gasteiger partial charge in [-0.25, -0.2) is 4.79 Å². The number of carbonyl (C=O) groups excluding carboxylic acids is 1. The summed E-state index contributed by atoms with van der Waals surface area (Å²) in [4.78, 5) is 26.6. The number of hydrogen-bond donors (Lipinski definition) is 3. The molecule has 106 valence electrons. The zero-order chi connectivity index (χ0) is 14.6. The normalized spacial score (nSPS) is 12.6. The summed E-state index contributed by atoms with van der Waals surface area (Å²) < 4.78 is 1.50. The molecule has 19 heavy (non-hydrogen) atoms. The van der Waals surface area contributed by atoms with Gasteiger partial charge in [0.1, 0.15) is 5.82 Å². The van der Waals surface area contributed by atoms with Crippen LogP contribution < -0.4 is 17.2 Å². The first-order valence-corrected chi connectivity index (χ1v) is 6.77. The van der Waals surface area contributed by atoms with Crippen molar-refractivity contribution in [3.8, 4) is 0 Å². The van der Waals surface area contributed by atoms with E-state index in [2.05, 4.69) is 17.6 Å². The van der Waals surface area contributed by atoms with E-state index in [0.717, 1.165) is 0 Å². The molecule has 0 aliphatic carbocycles. The second kappa shape index (κ2) is 6.60. The lowest BCUT2D eigenvalue weighted by atomic mass is 9.94. The second-order valence-electron chi connectivity index (χ2n) is 4.74. The van der Waals surface area contributed by atoms with Gasteiger partial charge in [0.2, 0.25) is 5.91 Å². The number of thiol groups is 1. The van der Waals surface area contributed by atoms with Crippen LogP contribution in [0, 0.1) is 0 Å². The number of aromatic nitrogens is 2. The molecule has 1 aromatic heterocycles. The van der Waals surface area contributed by atoms with Crippen LogP contribution in [0.15, 0.2) is 11.0 Å². The maximum Gasteiger partial charge on any atom is 0.349 e. The summed E-state index contributed by atoms with van der Waals surface area (Å²) in [5, 5.41) is 0. The zero-order valence-corrected chi connectivity index (χ0v) is 12.1. The molecule has 0 spiro atoms. The number of nitrogen functional groups attached to an aromatic ring is 1. The molecule has 0 saturated carbocycles. The van der Waals surface area contributed by atoms with E-state index in [-0.39, 0.29) is 29.9 Å². The molecule has 1 rings (SSSR count). The number of rotatable bonds is 6. The molecule has 0 fully saturated rings. The monoisotopic (exact) mass is 284 g/mol. The van der Waals surface area contributed by atoms with E-state index in [1.54, 1.807) is 6.20 Å². The van der Waals surface area contributed by atoms with Gasteiger partial charge in [0.25, 0.3) is 0 Å². The first-order valence-electron chi connectivity index (χ1n) is 6.14. The summed E-state index contributed by atoms with van der Waals surface area (Å²) in [6.45, 7) is 3.76. The van der Waals surface area contributed by atoms with Crippen molar-refractivity contribution in [2.75, 3.05) is 11.5 Å². The smallest absolute Gasteiger partial charge is 0.349 e. The Morgan fingerprint density at radius 1 is 1.53 bits per heavy atom. The third-order valence-electron chi connectivity index (χ3n) is 2.93. The van der Waals surface area contributed by atoms with Crippen LogP contribution in [0.2, 0.25) is 0 Å². The van der Waals surface area contributed by atoms with E-state index in [1.165, 1.54) is 4.57 Å². The fourth-order valence-electron chi connectivity index (χ4n) is 1.95. The quantitative estimate of drug-likeness (QED) is 0.668. The van der Waals surface area contributed by atoms with Crippen LogP contribution in [0.4, 0.5) is 5.82 Å². The third kappa shape index (κ3) is 3.99. The van der Waals surface area contributed by atoms with Crippen molar-refractivity contribution >= 4 is 24.4 Å². The van der Waals surface area contributed by atoms with Crippen LogP contribution in [-0.2, 0) is 4.79 Å². The average Bonchev–Trinajstić information content (AvgIpc) is 2.27. The summed E-state index contributed by atoms with van der Waals surface area (Å²) >= 11 is 4.17. The van der Waals surface area contributed by atoms with Crippen LogP contribution in [0.5, 0.6) is 0 Å². The summed E-state index contributed by atoms with van der Waals surface area (Å²) in [5.41, 5.74) is 11.3. The van der Waals surface area contributed by atoms with E-state index in [1.807, 2.05) is 13.8 Å². The van der Waals surface area contributed by atoms with Crippen LogP contribution in [-0.4, -0.2) is 21.2 Å². The first kappa shape index (κ1) is 15.6. The van der Waals surface area contributed by atoms with Gasteiger partial charge < -0.3 is 11.5 Å². The lowest BCUT2D eigenvalue weighted by Crippen LogP contribution is -2.27. The molecule has 0 bridgehead atoms. The number of carbonyl (C=O) groups is 1. The Hall–Kier alpha value is -1.50. The predicted molar refractivity (Wildman–Crippen MR) is 78.3 cm³/mol. The fraction of sp³-hybridized carbons (Fsp3) is 0.583. The van der Waals surface area contributed by atoms with Crippen molar-refractivity contribution in [1.29, 1.82) is 0 Å². The Morgan fingerprint density at radius 3 is 2.63 bits per heavy atom. The minimum absolute atomic E-state index is 0.0235. The molecule has 0 aliphatic rings. The Bertz CT molecular complexity index is 513. The van der Waals surface area contributed by atoms with Gasteiger partial charge in [0.15, 0.2) is 0 Å². The van der Waals surface area contributed by atoms with Crippen molar-refractivity contribution in [2.24, 2.45) is 5.73 Å². The highest BCUT2D eigenvalue weighted by molar-refractivity contribution is 7.80. The summed E-state index contributed by atoms with van der Waals surface area (Å²) in [7, 11) is 0. The van der Waals surface area contributed by atoms with Gasteiger partial charge in [-0.3, -0.25) is 9.36 Å². The molecular formula is C12H20N4O2S. The van der Waals surface area contributed by atoms with Crippen LogP contribution in [0.1, 0.15) is 44.2 Å². The minimum Gasteiger partial charge on any atom is -0.383 e. The van der Waals surface area contributed by atoms with Crippen molar-refractivity contribution in [1.82, 2.24) is 9.55 Å². The highest BCUT2D eigenvalue weighted by Crippen LogP contribution is 2.27. The number of amides is 1. The number of anilines is 1. The Kier molecular flexibility index (Phi) is 5.41. The zero-order valence-electron chi connectivity index (χ0n) is 11.2. The lowest BCUT2D eigenvalue weighted by molar-refractivity contribution is -0.118. The third-order valence-corrected chi connectivity index (χ3v) is 3.19. The van der Waals surface area contributed by atoms with Gasteiger partial charge in [-0.15, -0.1) is 0 Å². The van der Waals surface area contributed by atoms with Gasteiger partial charge in [-0.1, -0.05) is 0 Å². The van der Waals surface area contributed by atoms with Crippen molar-refractivity contribution in [2.45, 2.75) is 38.6 Å². The standard InChI is InChI=1S/C12H20N4O2S/c1-7(2)16-6-9(11(14)15-12(16)18)8(3-4-19)5-10(13)17/h6-8,19H,3-5H2,1-2H3,(H2,13,17)(H2,14,15,18). The van der Waals surface area contributed by atoms with E-state index in [0.29, 0.717) is 17.7 Å². The van der Waals surface area contributed by atoms with Gasteiger partial charge in [0.05, 0.1) is 0 Å². The molecule has 4 N–H and O–H groups in total. The molecule has 0 aromatic carbocycles. The second-order valence-corrected chi connectivity index (χ2v) is 5.19. The largest absolute Gasteiger partial charge is 0.383 e. The van der Waals surface area contributed by atoms with Gasteiger partial charge in [-0.05, 0) is 31.9 Å². The minimum atomic E-state index is -0.409. The molecule has 0 radical (unpaired) electrons. The maximum atomic E-state index is 11.7. The van der Waals surface area contributed by atoms with Crippen LogP contribution in [0.25, 0.3) is 0 Å². The maximum absolute atomic E-state index is 11.7. The number of nitrogens with zero attached hydrogens (tertiary/aromatic N) is 2. The average molecular weight is 284 g/mol. The van der Waals surface area contributed by atoms with Crippen LogP contribution >= 0.6 is 12.6 Å². The molecule has 1 amide bonds. The Labute approximate surface area is 117 Å². The van der Waals surface area contributed by atoms with Gasteiger partial charge in [-0.2, -0.15) is 17.6 Å². The van der Waals surface area contributed by atoms with Gasteiger partial charge >= 0.3 is 5.69 Å². The molecule has 1 unspecified atom stereocenters. The lowest BCUT2D eigenvalue weighted by Gasteiger charge is -2.19. The van der Waals surface area contributed by atoms with E-state index in [9.17, 15) is 9.59 Å². The van der Waals surface area contributed by atoms with Crippen LogP contribution in [0.3, 0.4) is 0 Å². The molecule has 0 saturated heterocycles. The number of nitrogens with two attached hydrogens (primary N) is 2. The number of primary amides is 1. The molecule has 1 heterocycles. The fourth-order valence-corrected chi connectivity index (χ4v) is 2.26. The van der Waals surface area contributed by atoms with E-state index >= 15 is 0 Å².